The van der Waals surface area contributed by atoms with E-state index in [1.807, 2.05) is 6.08 Å². The Labute approximate surface area is 112 Å². The van der Waals surface area contributed by atoms with Crippen LogP contribution in [0.1, 0.15) is 40.0 Å². The number of rotatable bonds is 6. The molecule has 1 unspecified atom stereocenters. The number of hydrogen-bond acceptors (Lipinski definition) is 1. The molecule has 1 atom stereocenters. The third-order valence-corrected chi connectivity index (χ3v) is 3.94. The van der Waals surface area contributed by atoms with E-state index in [0.717, 1.165) is 37.4 Å². The van der Waals surface area contributed by atoms with E-state index in [4.69, 9.17) is 0 Å². The maximum absolute atomic E-state index is 4.57. The first-order valence-corrected chi connectivity index (χ1v) is 7.40. The Bertz CT molecular complexity index is 269. The number of hydrogen-bond donors (Lipinski definition) is 1. The van der Waals surface area contributed by atoms with Crippen molar-refractivity contribution >= 4 is 5.96 Å². The van der Waals surface area contributed by atoms with Gasteiger partial charge in [-0.1, -0.05) is 32.8 Å². The molecule has 18 heavy (non-hydrogen) atoms. The number of likely N-dealkylation sites (tertiary alicyclic amines) is 1. The van der Waals surface area contributed by atoms with Crippen LogP contribution in [-0.2, 0) is 0 Å². The molecule has 0 aromatic heterocycles. The van der Waals surface area contributed by atoms with Crippen LogP contribution in [0.25, 0.3) is 0 Å². The Morgan fingerprint density at radius 1 is 1.44 bits per heavy atom. The van der Waals surface area contributed by atoms with Crippen molar-refractivity contribution in [3.63, 3.8) is 0 Å². The second kappa shape index (κ2) is 8.17. The maximum atomic E-state index is 4.57. The van der Waals surface area contributed by atoms with E-state index in [1.165, 1.54) is 19.3 Å². The highest BCUT2D eigenvalue weighted by atomic mass is 15.3. The molecular formula is C15H29N3. The van der Waals surface area contributed by atoms with Crippen LogP contribution in [0.15, 0.2) is 17.6 Å². The fourth-order valence-electron chi connectivity index (χ4n) is 2.90. The zero-order valence-electron chi connectivity index (χ0n) is 12.3. The van der Waals surface area contributed by atoms with Crippen LogP contribution in [0.5, 0.6) is 0 Å². The summed E-state index contributed by atoms with van der Waals surface area (Å²) in [4.78, 5) is 6.99. The molecule has 3 heteroatoms. The summed E-state index contributed by atoms with van der Waals surface area (Å²) in [5, 5.41) is 3.38. The van der Waals surface area contributed by atoms with Crippen LogP contribution in [0.3, 0.4) is 0 Å². The van der Waals surface area contributed by atoms with Gasteiger partial charge in [-0.25, -0.2) is 4.99 Å². The minimum Gasteiger partial charge on any atom is -0.357 e. The van der Waals surface area contributed by atoms with Gasteiger partial charge in [-0.3, -0.25) is 0 Å². The van der Waals surface area contributed by atoms with Crippen LogP contribution in [0.4, 0.5) is 0 Å². The minimum atomic E-state index is 0.703. The zero-order chi connectivity index (χ0) is 13.4. The molecule has 1 fully saturated rings. The summed E-state index contributed by atoms with van der Waals surface area (Å²) < 4.78 is 0. The van der Waals surface area contributed by atoms with Gasteiger partial charge in [-0.05, 0) is 25.2 Å². The largest absolute Gasteiger partial charge is 0.357 e. The second-order valence-corrected chi connectivity index (χ2v) is 5.05. The highest BCUT2D eigenvalue weighted by molar-refractivity contribution is 5.80. The lowest BCUT2D eigenvalue weighted by atomic mass is 9.87. The number of aliphatic imine (C=N–C) groups is 1. The van der Waals surface area contributed by atoms with Crippen molar-refractivity contribution in [1.82, 2.24) is 10.2 Å². The smallest absolute Gasteiger partial charge is 0.194 e. The van der Waals surface area contributed by atoms with E-state index in [9.17, 15) is 0 Å². The highest BCUT2D eigenvalue weighted by Crippen LogP contribution is 2.28. The van der Waals surface area contributed by atoms with Gasteiger partial charge in [0.25, 0.3) is 0 Å². The van der Waals surface area contributed by atoms with Gasteiger partial charge >= 0.3 is 0 Å². The van der Waals surface area contributed by atoms with Gasteiger partial charge in [0.05, 0.1) is 6.54 Å². The van der Waals surface area contributed by atoms with Crippen molar-refractivity contribution < 1.29 is 0 Å². The third-order valence-electron chi connectivity index (χ3n) is 3.94. The molecule has 1 aliphatic heterocycles. The monoisotopic (exact) mass is 251 g/mol. The first-order valence-electron chi connectivity index (χ1n) is 7.40. The molecule has 0 saturated carbocycles. The molecule has 3 nitrogen and oxygen atoms in total. The van der Waals surface area contributed by atoms with Crippen molar-refractivity contribution in [2.75, 3.05) is 26.2 Å². The molecular weight excluding hydrogens is 222 g/mol. The predicted octanol–water partition coefficient (Wildman–Crippen LogP) is 2.90. The Kier molecular flexibility index (Phi) is 6.84. The molecule has 1 heterocycles. The average Bonchev–Trinajstić information content (AvgIpc) is 2.85. The van der Waals surface area contributed by atoms with Crippen LogP contribution < -0.4 is 5.32 Å². The summed E-state index contributed by atoms with van der Waals surface area (Å²) in [5.41, 5.74) is 0. The molecule has 0 radical (unpaired) electrons. The maximum Gasteiger partial charge on any atom is 0.194 e. The minimum absolute atomic E-state index is 0.703. The van der Waals surface area contributed by atoms with Gasteiger partial charge < -0.3 is 10.2 Å². The van der Waals surface area contributed by atoms with Crippen LogP contribution in [0, 0.1) is 11.8 Å². The molecule has 1 N–H and O–H groups in total. The van der Waals surface area contributed by atoms with E-state index in [-0.39, 0.29) is 0 Å². The molecule has 0 aromatic carbocycles. The van der Waals surface area contributed by atoms with E-state index >= 15 is 0 Å². The normalized spacial score (nSPS) is 20.6. The highest BCUT2D eigenvalue weighted by Gasteiger charge is 2.29. The van der Waals surface area contributed by atoms with Gasteiger partial charge in [0.2, 0.25) is 0 Å². The van der Waals surface area contributed by atoms with Crippen molar-refractivity contribution in [1.29, 1.82) is 0 Å². The fourth-order valence-corrected chi connectivity index (χ4v) is 2.90. The van der Waals surface area contributed by atoms with Crippen LogP contribution in [0.2, 0.25) is 0 Å². The summed E-state index contributed by atoms with van der Waals surface area (Å²) in [6.45, 7) is 14.4. The van der Waals surface area contributed by atoms with Crippen molar-refractivity contribution in [2.24, 2.45) is 16.8 Å². The standard InChI is InChI=1S/C15H29N3/c1-5-10-17-15(16-8-4)18-11-9-14(12-18)13(6-2)7-3/h5,13-14H,1,6-12H2,2-4H3,(H,16,17). The number of guanidine groups is 1. The van der Waals surface area contributed by atoms with Gasteiger partial charge in [-0.2, -0.15) is 0 Å². The zero-order valence-corrected chi connectivity index (χ0v) is 12.3. The SMILES string of the molecule is C=CCN=C(NCC)N1CCC(C(CC)CC)C1. The van der Waals surface area contributed by atoms with Gasteiger partial charge in [0.15, 0.2) is 5.96 Å². The van der Waals surface area contributed by atoms with Crippen LogP contribution >= 0.6 is 0 Å². The van der Waals surface area contributed by atoms with Crippen molar-refractivity contribution in [2.45, 2.75) is 40.0 Å². The summed E-state index contributed by atoms with van der Waals surface area (Å²) in [5.74, 6) is 2.77. The number of nitrogens with one attached hydrogen (secondary N) is 1. The average molecular weight is 251 g/mol. The van der Waals surface area contributed by atoms with Gasteiger partial charge in [0.1, 0.15) is 0 Å². The molecule has 104 valence electrons. The molecule has 0 aromatic rings. The predicted molar refractivity (Wildman–Crippen MR) is 79.9 cm³/mol. The van der Waals surface area contributed by atoms with E-state index in [1.54, 1.807) is 0 Å². The fraction of sp³-hybridized carbons (Fsp3) is 0.800. The molecule has 0 aliphatic carbocycles. The summed E-state index contributed by atoms with van der Waals surface area (Å²) in [6.07, 6.45) is 5.77. The van der Waals surface area contributed by atoms with Crippen molar-refractivity contribution in [3.05, 3.63) is 12.7 Å². The van der Waals surface area contributed by atoms with E-state index < -0.39 is 0 Å². The van der Waals surface area contributed by atoms with E-state index in [0.29, 0.717) is 6.54 Å². The van der Waals surface area contributed by atoms with Crippen LogP contribution in [-0.4, -0.2) is 37.0 Å². The Balaban J connectivity index is 2.59. The lowest BCUT2D eigenvalue weighted by Crippen LogP contribution is -2.40. The van der Waals surface area contributed by atoms with Gasteiger partial charge in [-0.15, -0.1) is 6.58 Å². The third kappa shape index (κ3) is 4.04. The molecule has 0 bridgehead atoms. The lowest BCUT2D eigenvalue weighted by Gasteiger charge is -2.24. The Hall–Kier alpha value is -0.990. The molecule has 1 saturated heterocycles. The molecule has 0 spiro atoms. The first kappa shape index (κ1) is 15.1. The molecule has 0 amide bonds. The second-order valence-electron chi connectivity index (χ2n) is 5.05. The van der Waals surface area contributed by atoms with Crippen molar-refractivity contribution in [3.8, 4) is 0 Å². The summed E-state index contributed by atoms with van der Waals surface area (Å²) in [7, 11) is 0. The number of nitrogens with zero attached hydrogens (tertiary/aromatic N) is 2. The lowest BCUT2D eigenvalue weighted by molar-refractivity contribution is 0.319. The van der Waals surface area contributed by atoms with Gasteiger partial charge in [0, 0.05) is 19.6 Å². The topological polar surface area (TPSA) is 27.6 Å². The molecule has 1 aliphatic rings. The summed E-state index contributed by atoms with van der Waals surface area (Å²) >= 11 is 0. The van der Waals surface area contributed by atoms with E-state index in [2.05, 4.69) is 42.6 Å². The quantitative estimate of drug-likeness (QED) is 0.446. The summed E-state index contributed by atoms with van der Waals surface area (Å²) in [6, 6.07) is 0. The molecule has 1 rings (SSSR count). The Morgan fingerprint density at radius 3 is 2.72 bits per heavy atom. The first-order chi connectivity index (χ1) is 8.76. The Morgan fingerprint density at radius 2 is 2.17 bits per heavy atom.